The van der Waals surface area contributed by atoms with Gasteiger partial charge in [-0.25, -0.2) is 0 Å². The van der Waals surface area contributed by atoms with Gasteiger partial charge >= 0.3 is 0 Å². The lowest BCUT2D eigenvalue weighted by atomic mass is 9.91. The Kier molecular flexibility index (Phi) is 3.96. The first-order valence-corrected chi connectivity index (χ1v) is 6.27. The van der Waals surface area contributed by atoms with E-state index >= 15 is 0 Å². The van der Waals surface area contributed by atoms with Crippen LogP contribution in [0.3, 0.4) is 0 Å². The van der Waals surface area contributed by atoms with Crippen LogP contribution in [0.2, 0.25) is 0 Å². The maximum Gasteiger partial charge on any atom is 0.220 e. The van der Waals surface area contributed by atoms with Crippen LogP contribution in [0.15, 0.2) is 0 Å². The van der Waals surface area contributed by atoms with Crippen molar-refractivity contribution in [3.63, 3.8) is 0 Å². The van der Waals surface area contributed by atoms with Crippen LogP contribution in [-0.2, 0) is 18.9 Å². The van der Waals surface area contributed by atoms with E-state index in [0.717, 1.165) is 0 Å². The Balaban J connectivity index is 2.24. The summed E-state index contributed by atoms with van der Waals surface area (Å²) < 4.78 is 23.0. The molecule has 5 atom stereocenters. The van der Waals surface area contributed by atoms with Crippen molar-refractivity contribution < 1.29 is 24.1 Å². The van der Waals surface area contributed by atoms with Gasteiger partial charge in [-0.15, -0.1) is 0 Å². The average molecular weight is 261 g/mol. The number of aliphatic hydroxyl groups is 1. The van der Waals surface area contributed by atoms with Gasteiger partial charge in [0.05, 0.1) is 6.10 Å². The number of ether oxygens (including phenoxy) is 4. The molecule has 2 aliphatic heterocycles. The second-order valence-corrected chi connectivity index (χ2v) is 5.14. The molecule has 0 saturated carbocycles. The van der Waals surface area contributed by atoms with Crippen LogP contribution in [0.25, 0.3) is 0 Å². The fourth-order valence-electron chi connectivity index (χ4n) is 2.63. The van der Waals surface area contributed by atoms with Gasteiger partial charge in [-0.05, 0) is 13.8 Å². The fourth-order valence-corrected chi connectivity index (χ4v) is 2.63. The van der Waals surface area contributed by atoms with Gasteiger partial charge in [-0.1, -0.05) is 0 Å². The van der Waals surface area contributed by atoms with Crippen LogP contribution in [0.1, 0.15) is 13.8 Å². The van der Waals surface area contributed by atoms with Crippen molar-refractivity contribution in [2.45, 2.75) is 37.6 Å². The van der Waals surface area contributed by atoms with Gasteiger partial charge in [0.2, 0.25) is 11.6 Å². The Labute approximate surface area is 108 Å². The van der Waals surface area contributed by atoms with E-state index in [9.17, 15) is 5.11 Å². The fraction of sp³-hybridized carbons (Fsp3) is 1.00. The summed E-state index contributed by atoms with van der Waals surface area (Å²) in [6.45, 7) is 5.05. The number of piperidine rings is 1. The van der Waals surface area contributed by atoms with E-state index in [1.54, 1.807) is 28.1 Å². The van der Waals surface area contributed by atoms with E-state index < -0.39 is 11.6 Å². The normalized spacial score (nSPS) is 48.8. The predicted molar refractivity (Wildman–Crippen MR) is 64.0 cm³/mol. The first kappa shape index (κ1) is 14.2. The van der Waals surface area contributed by atoms with Crippen molar-refractivity contribution in [1.29, 1.82) is 0 Å². The molecule has 6 heteroatoms. The van der Waals surface area contributed by atoms with Crippen LogP contribution in [0.4, 0.5) is 0 Å². The van der Waals surface area contributed by atoms with E-state index in [4.69, 9.17) is 18.9 Å². The van der Waals surface area contributed by atoms with Crippen LogP contribution < -0.4 is 5.32 Å². The van der Waals surface area contributed by atoms with Crippen molar-refractivity contribution in [2.24, 2.45) is 5.92 Å². The SMILES string of the molecule is CO[C@@]1(C)O[C@@H]2[C@@H](CO)CNC[C@H]2O[C@]1(C)OC. The number of fused-ring (bicyclic) bond motifs is 1. The van der Waals surface area contributed by atoms with Crippen molar-refractivity contribution in [1.82, 2.24) is 5.32 Å². The minimum absolute atomic E-state index is 0.000342. The summed E-state index contributed by atoms with van der Waals surface area (Å²) >= 11 is 0. The van der Waals surface area contributed by atoms with Gasteiger partial charge in [0.15, 0.2) is 0 Å². The second kappa shape index (κ2) is 5.03. The minimum Gasteiger partial charge on any atom is -0.396 e. The average Bonchev–Trinajstić information content (AvgIpc) is 2.39. The number of methoxy groups -OCH3 is 2. The lowest BCUT2D eigenvalue weighted by molar-refractivity contribution is -0.454. The molecule has 2 rings (SSSR count). The maximum atomic E-state index is 9.41. The number of hydrogen-bond donors (Lipinski definition) is 2. The summed E-state index contributed by atoms with van der Waals surface area (Å²) in [6, 6.07) is 0. The van der Waals surface area contributed by atoms with E-state index in [1.807, 2.05) is 0 Å². The monoisotopic (exact) mass is 261 g/mol. The minimum atomic E-state index is -0.992. The first-order valence-electron chi connectivity index (χ1n) is 6.27. The molecule has 0 aliphatic carbocycles. The zero-order valence-electron chi connectivity index (χ0n) is 11.4. The van der Waals surface area contributed by atoms with Gasteiger partial charge < -0.3 is 29.4 Å². The Morgan fingerprint density at radius 2 is 1.78 bits per heavy atom. The third kappa shape index (κ3) is 2.07. The molecular formula is C12H23NO5. The van der Waals surface area contributed by atoms with Gasteiger partial charge in [-0.2, -0.15) is 0 Å². The summed E-state index contributed by atoms with van der Waals surface area (Å²) in [4.78, 5) is 0. The lowest BCUT2D eigenvalue weighted by Crippen LogP contribution is -2.70. The Morgan fingerprint density at radius 1 is 1.17 bits per heavy atom. The largest absolute Gasteiger partial charge is 0.396 e. The van der Waals surface area contributed by atoms with Crippen LogP contribution in [-0.4, -0.2) is 62.8 Å². The number of aliphatic hydroxyl groups excluding tert-OH is 1. The van der Waals surface area contributed by atoms with Crippen molar-refractivity contribution in [2.75, 3.05) is 33.9 Å². The van der Waals surface area contributed by atoms with Crippen LogP contribution in [0.5, 0.6) is 0 Å². The highest BCUT2D eigenvalue weighted by atomic mass is 16.8. The van der Waals surface area contributed by atoms with Crippen LogP contribution in [0, 0.1) is 5.92 Å². The molecule has 2 saturated heterocycles. The third-order valence-electron chi connectivity index (χ3n) is 4.16. The quantitative estimate of drug-likeness (QED) is 0.727. The topological polar surface area (TPSA) is 69.2 Å². The van der Waals surface area contributed by atoms with E-state index in [2.05, 4.69) is 5.32 Å². The molecule has 0 spiro atoms. The standard InChI is InChI=1S/C12H23NO5/c1-11(15-3)12(2,16-4)18-10-8(7-14)5-13-6-9(10)17-11/h8-10,13-14H,5-7H2,1-4H3/t8-,9-,10-,11+,12+/m1/s1. The molecule has 0 amide bonds. The smallest absolute Gasteiger partial charge is 0.220 e. The molecule has 18 heavy (non-hydrogen) atoms. The highest BCUT2D eigenvalue weighted by molar-refractivity contribution is 4.96. The van der Waals surface area contributed by atoms with Gasteiger partial charge in [0.25, 0.3) is 0 Å². The molecule has 0 radical (unpaired) electrons. The van der Waals surface area contributed by atoms with Crippen molar-refractivity contribution >= 4 is 0 Å². The number of rotatable bonds is 3. The predicted octanol–water partition coefficient (Wildman–Crippen LogP) is -0.293. The summed E-state index contributed by atoms with van der Waals surface area (Å²) in [6.07, 6.45) is -0.339. The number of hydrogen-bond acceptors (Lipinski definition) is 6. The molecule has 2 N–H and O–H groups in total. The summed E-state index contributed by atoms with van der Waals surface area (Å²) in [7, 11) is 3.14. The lowest BCUT2D eigenvalue weighted by Gasteiger charge is -2.54. The van der Waals surface area contributed by atoms with Gasteiger partial charge in [0, 0.05) is 39.8 Å². The third-order valence-corrected chi connectivity index (χ3v) is 4.16. The summed E-state index contributed by atoms with van der Waals surface area (Å²) in [5.41, 5.74) is 0. The molecule has 0 aromatic rings. The van der Waals surface area contributed by atoms with E-state index in [-0.39, 0.29) is 24.7 Å². The number of nitrogens with one attached hydrogen (secondary N) is 1. The van der Waals surface area contributed by atoms with E-state index in [1.165, 1.54) is 0 Å². The molecule has 0 aromatic heterocycles. The highest BCUT2D eigenvalue weighted by Crippen LogP contribution is 2.41. The molecule has 0 aromatic carbocycles. The molecule has 2 heterocycles. The molecule has 106 valence electrons. The zero-order chi connectivity index (χ0) is 13.4. The highest BCUT2D eigenvalue weighted by Gasteiger charge is 2.58. The van der Waals surface area contributed by atoms with E-state index in [0.29, 0.717) is 13.1 Å². The zero-order valence-corrected chi connectivity index (χ0v) is 11.4. The maximum absolute atomic E-state index is 9.41. The molecular weight excluding hydrogens is 238 g/mol. The van der Waals surface area contributed by atoms with Gasteiger partial charge in [-0.3, -0.25) is 0 Å². The Morgan fingerprint density at radius 3 is 2.33 bits per heavy atom. The van der Waals surface area contributed by atoms with Gasteiger partial charge in [0.1, 0.15) is 6.10 Å². The molecule has 0 bridgehead atoms. The molecule has 6 nitrogen and oxygen atoms in total. The molecule has 2 aliphatic rings. The Bertz CT molecular complexity index is 302. The Hall–Kier alpha value is -0.240. The summed E-state index contributed by atoms with van der Waals surface area (Å²) in [5.74, 6) is -1.96. The molecule has 2 fully saturated rings. The molecule has 0 unspecified atom stereocenters. The first-order chi connectivity index (χ1) is 8.49. The van der Waals surface area contributed by atoms with Crippen molar-refractivity contribution in [3.8, 4) is 0 Å². The van der Waals surface area contributed by atoms with Crippen molar-refractivity contribution in [3.05, 3.63) is 0 Å². The summed E-state index contributed by atoms with van der Waals surface area (Å²) in [5, 5.41) is 12.6. The second-order valence-electron chi connectivity index (χ2n) is 5.14. The van der Waals surface area contributed by atoms with Crippen LogP contribution >= 0.6 is 0 Å².